The number of carboxylic acids is 1. The lowest BCUT2D eigenvalue weighted by Gasteiger charge is -2.09. The first-order chi connectivity index (χ1) is 9.86. The van der Waals surface area contributed by atoms with E-state index in [1.165, 1.54) is 12.1 Å². The Hall–Kier alpha value is -2.37. The fraction of sp³-hybridized carbons (Fsp3) is 0.333. The van der Waals surface area contributed by atoms with E-state index in [0.29, 0.717) is 11.2 Å². The number of fused-ring (bicyclic) bond motifs is 1. The maximum atomic E-state index is 13.3. The number of hydrogen-bond acceptors (Lipinski definition) is 2. The van der Waals surface area contributed by atoms with Gasteiger partial charge in [0.05, 0.1) is 0 Å². The van der Waals surface area contributed by atoms with E-state index < -0.39 is 5.97 Å². The Morgan fingerprint density at radius 1 is 1.38 bits per heavy atom. The van der Waals surface area contributed by atoms with Gasteiger partial charge in [0.2, 0.25) is 0 Å². The third-order valence-corrected chi connectivity index (χ3v) is 3.29. The van der Waals surface area contributed by atoms with Gasteiger partial charge < -0.3 is 15.4 Å². The summed E-state index contributed by atoms with van der Waals surface area (Å²) in [5.74, 6) is -1.74. The Balaban J connectivity index is 2.09. The summed E-state index contributed by atoms with van der Waals surface area (Å²) < 4.78 is 13.3. The second kappa shape index (κ2) is 5.95. The summed E-state index contributed by atoms with van der Waals surface area (Å²) in [7, 11) is 0. The van der Waals surface area contributed by atoms with Crippen LogP contribution in [0.15, 0.2) is 18.2 Å². The molecule has 3 N–H and O–H groups in total. The van der Waals surface area contributed by atoms with Gasteiger partial charge in [-0.1, -0.05) is 6.92 Å². The van der Waals surface area contributed by atoms with E-state index in [1.54, 1.807) is 19.9 Å². The number of benzene rings is 1. The van der Waals surface area contributed by atoms with Crippen molar-refractivity contribution < 1.29 is 19.1 Å². The SMILES string of the molecule is Cc1cc(F)cc2[nH]c(C(=O)NCC(C)CC(=O)O)cc12. The molecule has 0 bridgehead atoms. The van der Waals surface area contributed by atoms with Crippen LogP contribution >= 0.6 is 0 Å². The molecule has 2 aromatic rings. The van der Waals surface area contributed by atoms with Gasteiger partial charge in [-0.2, -0.15) is 0 Å². The lowest BCUT2D eigenvalue weighted by Crippen LogP contribution is -2.29. The fourth-order valence-corrected chi connectivity index (χ4v) is 2.23. The van der Waals surface area contributed by atoms with Gasteiger partial charge in [0.1, 0.15) is 11.5 Å². The molecule has 0 radical (unpaired) electrons. The fourth-order valence-electron chi connectivity index (χ4n) is 2.23. The molecule has 6 heteroatoms. The van der Waals surface area contributed by atoms with Crippen LogP contribution in [0.5, 0.6) is 0 Å². The second-order valence-electron chi connectivity index (χ2n) is 5.28. The van der Waals surface area contributed by atoms with Crippen molar-refractivity contribution >= 4 is 22.8 Å². The number of carboxylic acid groups (broad SMARTS) is 1. The molecule has 21 heavy (non-hydrogen) atoms. The summed E-state index contributed by atoms with van der Waals surface area (Å²) in [6.07, 6.45) is -0.00268. The van der Waals surface area contributed by atoms with Crippen molar-refractivity contribution in [1.82, 2.24) is 10.3 Å². The highest BCUT2D eigenvalue weighted by atomic mass is 19.1. The second-order valence-corrected chi connectivity index (χ2v) is 5.28. The molecule has 0 fully saturated rings. The van der Waals surface area contributed by atoms with Crippen LogP contribution in [0.4, 0.5) is 4.39 Å². The van der Waals surface area contributed by atoms with Crippen LogP contribution in [0.3, 0.4) is 0 Å². The number of aromatic nitrogens is 1. The molecule has 0 aliphatic rings. The van der Waals surface area contributed by atoms with E-state index in [2.05, 4.69) is 10.3 Å². The molecule has 0 saturated heterocycles. The summed E-state index contributed by atoms with van der Waals surface area (Å²) >= 11 is 0. The molecule has 112 valence electrons. The van der Waals surface area contributed by atoms with Crippen LogP contribution in [-0.4, -0.2) is 28.5 Å². The van der Waals surface area contributed by atoms with Gasteiger partial charge in [-0.05, 0) is 36.6 Å². The Kier molecular flexibility index (Phi) is 4.26. The van der Waals surface area contributed by atoms with E-state index in [0.717, 1.165) is 10.9 Å². The minimum Gasteiger partial charge on any atom is -0.481 e. The van der Waals surface area contributed by atoms with Crippen LogP contribution in [-0.2, 0) is 4.79 Å². The number of aliphatic carboxylic acids is 1. The number of aryl methyl sites for hydroxylation is 1. The number of amides is 1. The molecule has 5 nitrogen and oxygen atoms in total. The maximum absolute atomic E-state index is 13.3. The molecular weight excluding hydrogens is 275 g/mol. The highest BCUT2D eigenvalue weighted by molar-refractivity contribution is 5.98. The number of hydrogen-bond donors (Lipinski definition) is 3. The summed E-state index contributed by atoms with van der Waals surface area (Å²) in [5.41, 5.74) is 1.65. The number of H-pyrrole nitrogens is 1. The van der Waals surface area contributed by atoms with Gasteiger partial charge in [0.25, 0.3) is 5.91 Å². The summed E-state index contributed by atoms with van der Waals surface area (Å²) in [6, 6.07) is 4.42. The number of aromatic amines is 1. The quantitative estimate of drug-likeness (QED) is 0.791. The molecule has 0 spiro atoms. The van der Waals surface area contributed by atoms with Crippen molar-refractivity contribution in [3.63, 3.8) is 0 Å². The molecular formula is C15H17FN2O3. The summed E-state index contributed by atoms with van der Waals surface area (Å²) in [6.45, 7) is 3.79. The Morgan fingerprint density at radius 2 is 2.10 bits per heavy atom. The number of carbonyl (C=O) groups is 2. The largest absolute Gasteiger partial charge is 0.481 e. The molecule has 0 aliphatic heterocycles. The molecule has 2 rings (SSSR count). The summed E-state index contributed by atoms with van der Waals surface area (Å²) in [5, 5.41) is 12.1. The highest BCUT2D eigenvalue weighted by Gasteiger charge is 2.13. The number of nitrogens with one attached hydrogen (secondary N) is 2. The third kappa shape index (κ3) is 3.59. The van der Waals surface area contributed by atoms with Gasteiger partial charge in [-0.3, -0.25) is 9.59 Å². The van der Waals surface area contributed by atoms with Crippen molar-refractivity contribution in [2.75, 3.05) is 6.54 Å². The van der Waals surface area contributed by atoms with E-state index >= 15 is 0 Å². The van der Waals surface area contributed by atoms with Crippen molar-refractivity contribution in [3.05, 3.63) is 35.3 Å². The maximum Gasteiger partial charge on any atom is 0.303 e. The van der Waals surface area contributed by atoms with Crippen LogP contribution < -0.4 is 5.32 Å². The van der Waals surface area contributed by atoms with Gasteiger partial charge in [-0.15, -0.1) is 0 Å². The number of rotatable bonds is 5. The molecule has 1 atom stereocenters. The topological polar surface area (TPSA) is 82.2 Å². The van der Waals surface area contributed by atoms with E-state index in [1.807, 2.05) is 0 Å². The zero-order valence-corrected chi connectivity index (χ0v) is 11.9. The Bertz CT molecular complexity index is 694. The molecule has 1 heterocycles. The normalized spacial score (nSPS) is 12.3. The average molecular weight is 292 g/mol. The molecule has 1 amide bonds. The Labute approximate surface area is 121 Å². The van der Waals surface area contributed by atoms with Gasteiger partial charge in [-0.25, -0.2) is 4.39 Å². The molecule has 0 saturated carbocycles. The Morgan fingerprint density at radius 3 is 2.76 bits per heavy atom. The van der Waals surface area contributed by atoms with Crippen LogP contribution in [0, 0.1) is 18.7 Å². The molecule has 1 aromatic heterocycles. The van der Waals surface area contributed by atoms with E-state index in [4.69, 9.17) is 5.11 Å². The zero-order valence-electron chi connectivity index (χ0n) is 11.9. The lowest BCUT2D eigenvalue weighted by molar-refractivity contribution is -0.137. The van der Waals surface area contributed by atoms with Crippen LogP contribution in [0.2, 0.25) is 0 Å². The van der Waals surface area contributed by atoms with E-state index in [-0.39, 0.29) is 30.6 Å². The first-order valence-corrected chi connectivity index (χ1v) is 6.65. The number of carbonyl (C=O) groups excluding carboxylic acids is 1. The van der Waals surface area contributed by atoms with E-state index in [9.17, 15) is 14.0 Å². The highest BCUT2D eigenvalue weighted by Crippen LogP contribution is 2.21. The predicted molar refractivity (Wildman–Crippen MR) is 76.7 cm³/mol. The van der Waals surface area contributed by atoms with Crippen LogP contribution in [0.1, 0.15) is 29.4 Å². The molecule has 1 aromatic carbocycles. The zero-order chi connectivity index (χ0) is 15.6. The lowest BCUT2D eigenvalue weighted by atomic mass is 10.1. The smallest absolute Gasteiger partial charge is 0.303 e. The van der Waals surface area contributed by atoms with Crippen molar-refractivity contribution in [1.29, 1.82) is 0 Å². The van der Waals surface area contributed by atoms with Crippen molar-refractivity contribution in [2.45, 2.75) is 20.3 Å². The van der Waals surface area contributed by atoms with Gasteiger partial charge in [0, 0.05) is 23.9 Å². The molecule has 1 unspecified atom stereocenters. The summed E-state index contributed by atoms with van der Waals surface area (Å²) in [4.78, 5) is 25.4. The predicted octanol–water partition coefficient (Wildman–Crippen LogP) is 2.46. The number of halogens is 1. The van der Waals surface area contributed by atoms with Crippen molar-refractivity contribution in [2.24, 2.45) is 5.92 Å². The van der Waals surface area contributed by atoms with Crippen LogP contribution in [0.25, 0.3) is 10.9 Å². The standard InChI is InChI=1S/C15H17FN2O3/c1-8(3-14(19)20)7-17-15(21)13-6-11-9(2)4-10(16)5-12(11)18-13/h4-6,8,18H,3,7H2,1-2H3,(H,17,21)(H,19,20). The minimum absolute atomic E-state index is 0.00268. The monoisotopic (exact) mass is 292 g/mol. The van der Waals surface area contributed by atoms with Gasteiger partial charge in [0.15, 0.2) is 0 Å². The van der Waals surface area contributed by atoms with Crippen molar-refractivity contribution in [3.8, 4) is 0 Å². The first kappa shape index (κ1) is 15.0. The average Bonchev–Trinajstić information content (AvgIpc) is 2.79. The molecule has 0 aliphatic carbocycles. The third-order valence-electron chi connectivity index (χ3n) is 3.29. The first-order valence-electron chi connectivity index (χ1n) is 6.65. The minimum atomic E-state index is -0.895. The van der Waals surface area contributed by atoms with Gasteiger partial charge >= 0.3 is 5.97 Å².